The van der Waals surface area contributed by atoms with E-state index in [0.29, 0.717) is 11.1 Å². The van der Waals surface area contributed by atoms with E-state index < -0.39 is 5.97 Å². The maximum absolute atomic E-state index is 11.1. The highest BCUT2D eigenvalue weighted by molar-refractivity contribution is 7.99. The Bertz CT molecular complexity index is 426. The Morgan fingerprint density at radius 1 is 1.65 bits per heavy atom. The van der Waals surface area contributed by atoms with Crippen LogP contribution in [-0.2, 0) is 4.79 Å². The third-order valence-electron chi connectivity index (χ3n) is 2.58. The first-order chi connectivity index (χ1) is 7.98. The molecular formula is C12H14ClNO2S. The molecule has 92 valence electrons. The fourth-order valence-electron chi connectivity index (χ4n) is 1.44. The molecule has 1 saturated carbocycles. The van der Waals surface area contributed by atoms with E-state index in [1.807, 2.05) is 13.0 Å². The van der Waals surface area contributed by atoms with Crippen LogP contribution in [0.3, 0.4) is 0 Å². The average molecular weight is 272 g/mol. The van der Waals surface area contributed by atoms with Crippen LogP contribution in [0.2, 0.25) is 0 Å². The lowest BCUT2D eigenvalue weighted by atomic mass is 10.1. The fourth-order valence-corrected chi connectivity index (χ4v) is 2.60. The number of hydrogen-bond acceptors (Lipinski definition) is 3. The molecule has 0 aromatic rings. The van der Waals surface area contributed by atoms with E-state index in [1.165, 1.54) is 30.9 Å². The van der Waals surface area contributed by atoms with Crippen LogP contribution in [0.4, 0.5) is 0 Å². The highest BCUT2D eigenvalue weighted by atomic mass is 35.5. The third kappa shape index (κ3) is 3.63. The van der Waals surface area contributed by atoms with Crippen molar-refractivity contribution < 1.29 is 9.90 Å². The van der Waals surface area contributed by atoms with Gasteiger partial charge in [0.2, 0.25) is 0 Å². The van der Waals surface area contributed by atoms with Gasteiger partial charge in [-0.3, -0.25) is 4.72 Å². The van der Waals surface area contributed by atoms with Crippen LogP contribution in [-0.4, -0.2) is 21.9 Å². The van der Waals surface area contributed by atoms with E-state index in [0.717, 1.165) is 0 Å². The molecule has 0 aliphatic heterocycles. The van der Waals surface area contributed by atoms with Gasteiger partial charge in [0.25, 0.3) is 0 Å². The number of carboxylic acid groups (broad SMARTS) is 1. The fraction of sp³-hybridized carbons (Fsp3) is 0.417. The zero-order chi connectivity index (χ0) is 12.5. The minimum Gasteiger partial charge on any atom is -0.478 e. The summed E-state index contributed by atoms with van der Waals surface area (Å²) in [6.45, 7) is 1.97. The van der Waals surface area contributed by atoms with Crippen LogP contribution in [0.25, 0.3) is 0 Å². The highest BCUT2D eigenvalue weighted by Crippen LogP contribution is 2.34. The van der Waals surface area contributed by atoms with Crippen LogP contribution in [0.5, 0.6) is 0 Å². The van der Waals surface area contributed by atoms with E-state index in [9.17, 15) is 4.79 Å². The minimum atomic E-state index is -0.954. The molecular weight excluding hydrogens is 258 g/mol. The smallest absolute Gasteiger partial charge is 0.335 e. The number of carboxylic acids is 1. The molecule has 0 aromatic heterocycles. The van der Waals surface area contributed by atoms with Gasteiger partial charge >= 0.3 is 5.97 Å². The van der Waals surface area contributed by atoms with E-state index in [2.05, 4.69) is 4.72 Å². The first-order valence-corrected chi connectivity index (χ1v) is 6.64. The molecule has 5 heteroatoms. The Morgan fingerprint density at radius 2 is 2.35 bits per heavy atom. The second kappa shape index (κ2) is 4.88. The van der Waals surface area contributed by atoms with E-state index in [4.69, 9.17) is 16.7 Å². The molecule has 17 heavy (non-hydrogen) atoms. The molecule has 1 fully saturated rings. The molecule has 1 unspecified atom stereocenters. The first-order valence-electron chi connectivity index (χ1n) is 5.45. The highest BCUT2D eigenvalue weighted by Gasteiger charge is 2.28. The van der Waals surface area contributed by atoms with Gasteiger partial charge in [-0.1, -0.05) is 29.6 Å². The Balaban J connectivity index is 2.17. The average Bonchev–Trinajstić information content (AvgIpc) is 3.06. The van der Waals surface area contributed by atoms with Crippen LogP contribution < -0.4 is 4.72 Å². The normalized spacial score (nSPS) is 28.4. The molecule has 0 bridgehead atoms. The van der Waals surface area contributed by atoms with Crippen molar-refractivity contribution >= 4 is 29.5 Å². The molecule has 3 nitrogen and oxygen atoms in total. The summed E-state index contributed by atoms with van der Waals surface area (Å²) in [6.07, 6.45) is 9.25. The second-order valence-electron chi connectivity index (χ2n) is 4.45. The first kappa shape index (κ1) is 12.7. The van der Waals surface area contributed by atoms with Gasteiger partial charge in [0, 0.05) is 11.1 Å². The predicted molar refractivity (Wildman–Crippen MR) is 70.9 cm³/mol. The van der Waals surface area contributed by atoms with E-state index in [-0.39, 0.29) is 10.3 Å². The molecule has 0 heterocycles. The van der Waals surface area contributed by atoms with Crippen molar-refractivity contribution in [2.24, 2.45) is 0 Å². The number of allylic oxidation sites excluding steroid dienone is 2. The maximum atomic E-state index is 11.1. The van der Waals surface area contributed by atoms with Crippen LogP contribution in [0.15, 0.2) is 34.9 Å². The number of halogens is 1. The molecule has 0 aromatic carbocycles. The van der Waals surface area contributed by atoms with Crippen molar-refractivity contribution in [1.29, 1.82) is 0 Å². The summed E-state index contributed by atoms with van der Waals surface area (Å²) in [5.74, 6) is -0.954. The van der Waals surface area contributed by atoms with Gasteiger partial charge in [-0.15, -0.1) is 0 Å². The van der Waals surface area contributed by atoms with Crippen LogP contribution in [0, 0.1) is 0 Å². The Morgan fingerprint density at radius 3 is 2.94 bits per heavy atom. The number of aliphatic carboxylic acids is 1. The Labute approximate surface area is 110 Å². The van der Waals surface area contributed by atoms with Gasteiger partial charge in [-0.05, 0) is 38.0 Å². The van der Waals surface area contributed by atoms with Crippen molar-refractivity contribution in [3.63, 3.8) is 0 Å². The summed E-state index contributed by atoms with van der Waals surface area (Å²) < 4.78 is 2.95. The second-order valence-corrected chi connectivity index (χ2v) is 6.20. The molecule has 2 N–H and O–H groups in total. The molecule has 0 amide bonds. The largest absolute Gasteiger partial charge is 0.478 e. The molecule has 0 spiro atoms. The van der Waals surface area contributed by atoms with Gasteiger partial charge in [0.1, 0.15) is 0 Å². The van der Waals surface area contributed by atoms with Gasteiger partial charge < -0.3 is 5.11 Å². The molecule has 1 atom stereocenters. The lowest BCUT2D eigenvalue weighted by Gasteiger charge is -2.21. The quantitative estimate of drug-likeness (QED) is 0.772. The monoisotopic (exact) mass is 271 g/mol. The number of nitrogens with one attached hydrogen (secondary N) is 1. The molecule has 0 saturated heterocycles. The van der Waals surface area contributed by atoms with Gasteiger partial charge in [0.05, 0.1) is 10.3 Å². The van der Waals surface area contributed by atoms with E-state index in [1.54, 1.807) is 12.2 Å². The maximum Gasteiger partial charge on any atom is 0.335 e. The number of rotatable bonds is 4. The number of carbonyl (C=O) groups is 1. The third-order valence-corrected chi connectivity index (χ3v) is 3.96. The van der Waals surface area contributed by atoms with Gasteiger partial charge in [-0.2, -0.15) is 0 Å². The minimum absolute atomic E-state index is 0.229. The predicted octanol–water partition coefficient (Wildman–Crippen LogP) is 2.85. The summed E-state index contributed by atoms with van der Waals surface area (Å²) in [4.78, 5) is 11.1. The Kier molecular flexibility index (Phi) is 3.66. The lowest BCUT2D eigenvalue weighted by molar-refractivity contribution is -0.132. The summed E-state index contributed by atoms with van der Waals surface area (Å²) in [7, 11) is 0. The summed E-state index contributed by atoms with van der Waals surface area (Å²) >= 11 is 7.44. The number of hydrogen-bond donors (Lipinski definition) is 2. The van der Waals surface area contributed by atoms with Crippen molar-refractivity contribution in [1.82, 2.24) is 4.72 Å². The summed E-state index contributed by atoms with van der Waals surface area (Å²) in [5, 5.41) is 9.51. The standard InChI is InChI=1S/C12H14ClNO2S/c1-12(17-14-10-2-3-10)5-4-9(13)6-8(7-12)11(15)16/h4-7,10,14H,2-3H2,1H3,(H,15,16). The zero-order valence-corrected chi connectivity index (χ0v) is 11.0. The molecule has 2 rings (SSSR count). The summed E-state index contributed by atoms with van der Waals surface area (Å²) in [6, 6.07) is 0.568. The van der Waals surface area contributed by atoms with Crippen LogP contribution >= 0.6 is 23.5 Å². The summed E-state index contributed by atoms with van der Waals surface area (Å²) in [5.41, 5.74) is 0.229. The SMILES string of the molecule is CC1(SNC2CC2)C=CC(Cl)=CC(C(=O)O)=C1. The van der Waals surface area contributed by atoms with E-state index >= 15 is 0 Å². The zero-order valence-electron chi connectivity index (χ0n) is 9.44. The van der Waals surface area contributed by atoms with Gasteiger partial charge in [-0.25, -0.2) is 4.79 Å². The van der Waals surface area contributed by atoms with Crippen molar-refractivity contribution in [2.45, 2.75) is 30.6 Å². The molecule has 0 radical (unpaired) electrons. The Hall–Kier alpha value is -0.710. The molecule has 2 aliphatic carbocycles. The van der Waals surface area contributed by atoms with Crippen molar-refractivity contribution in [3.05, 3.63) is 34.9 Å². The van der Waals surface area contributed by atoms with Crippen LogP contribution in [0.1, 0.15) is 19.8 Å². The van der Waals surface area contributed by atoms with Crippen molar-refractivity contribution in [2.75, 3.05) is 0 Å². The van der Waals surface area contributed by atoms with Crippen molar-refractivity contribution in [3.8, 4) is 0 Å². The molecule has 2 aliphatic rings. The van der Waals surface area contributed by atoms with Gasteiger partial charge in [0.15, 0.2) is 0 Å². The topological polar surface area (TPSA) is 49.3 Å². The lowest BCUT2D eigenvalue weighted by Crippen LogP contribution is -2.22.